The Morgan fingerprint density at radius 3 is 2.88 bits per heavy atom. The molecule has 1 aromatic rings. The first-order valence-electron chi connectivity index (χ1n) is 5.14. The molecule has 1 N–H and O–H groups in total. The van der Waals surface area contributed by atoms with Gasteiger partial charge in [-0.15, -0.1) is 0 Å². The van der Waals surface area contributed by atoms with Crippen LogP contribution in [-0.2, 0) is 11.3 Å². The molecule has 0 saturated carbocycles. The van der Waals surface area contributed by atoms with E-state index in [9.17, 15) is 0 Å². The second-order valence-electron chi connectivity index (χ2n) is 3.58. The lowest BCUT2D eigenvalue weighted by molar-refractivity contribution is 0.196. The lowest BCUT2D eigenvalue weighted by Gasteiger charge is -2.19. The zero-order valence-electron chi connectivity index (χ0n) is 9.61. The van der Waals surface area contributed by atoms with Crippen molar-refractivity contribution in [3.63, 3.8) is 0 Å². The normalized spacial score (nSPS) is 10.5. The molecule has 16 heavy (non-hydrogen) atoms. The molecule has 0 aliphatic carbocycles. The quantitative estimate of drug-likeness (QED) is 0.774. The van der Waals surface area contributed by atoms with Gasteiger partial charge in [-0.2, -0.15) is 0 Å². The van der Waals surface area contributed by atoms with Crippen LogP contribution in [0, 0.1) is 0 Å². The van der Waals surface area contributed by atoms with Crippen LogP contribution in [-0.4, -0.2) is 37.4 Å². The van der Waals surface area contributed by atoms with E-state index in [4.69, 9.17) is 21.4 Å². The predicted octanol–water partition coefficient (Wildman–Crippen LogP) is 1.70. The maximum absolute atomic E-state index is 8.94. The standard InChI is InChI=1S/C11H17ClN2O2/c1-14(4-3-5-16-2)11-10(12)6-9(8-15)7-13-11/h6-7,15H,3-5,8H2,1-2H3. The van der Waals surface area contributed by atoms with Gasteiger partial charge in [0.05, 0.1) is 11.6 Å². The highest BCUT2D eigenvalue weighted by atomic mass is 35.5. The van der Waals surface area contributed by atoms with Crippen molar-refractivity contribution in [1.29, 1.82) is 0 Å². The van der Waals surface area contributed by atoms with Crippen LogP contribution in [0.5, 0.6) is 0 Å². The summed E-state index contributed by atoms with van der Waals surface area (Å²) in [6.45, 7) is 1.51. The average Bonchev–Trinajstić information content (AvgIpc) is 2.29. The summed E-state index contributed by atoms with van der Waals surface area (Å²) in [5.41, 5.74) is 0.721. The number of halogens is 1. The maximum Gasteiger partial charge on any atom is 0.147 e. The molecule has 90 valence electrons. The summed E-state index contributed by atoms with van der Waals surface area (Å²) in [7, 11) is 3.61. The first-order chi connectivity index (χ1) is 7.69. The van der Waals surface area contributed by atoms with Crippen molar-refractivity contribution < 1.29 is 9.84 Å². The number of methoxy groups -OCH3 is 1. The average molecular weight is 245 g/mol. The minimum atomic E-state index is -0.0413. The zero-order valence-corrected chi connectivity index (χ0v) is 10.4. The maximum atomic E-state index is 8.94. The van der Waals surface area contributed by atoms with Crippen molar-refractivity contribution >= 4 is 17.4 Å². The highest BCUT2D eigenvalue weighted by molar-refractivity contribution is 6.33. The number of anilines is 1. The molecule has 4 nitrogen and oxygen atoms in total. The van der Waals surface area contributed by atoms with Crippen molar-refractivity contribution in [1.82, 2.24) is 4.98 Å². The molecule has 0 unspecified atom stereocenters. The molecule has 1 rings (SSSR count). The Morgan fingerprint density at radius 1 is 1.56 bits per heavy atom. The van der Waals surface area contributed by atoms with Crippen LogP contribution in [0.3, 0.4) is 0 Å². The lowest BCUT2D eigenvalue weighted by atomic mass is 10.3. The third kappa shape index (κ3) is 3.63. The van der Waals surface area contributed by atoms with Gasteiger partial charge in [0, 0.05) is 33.5 Å². The van der Waals surface area contributed by atoms with Gasteiger partial charge in [0.1, 0.15) is 5.82 Å². The Kier molecular flexibility index (Phi) is 5.52. The fourth-order valence-electron chi connectivity index (χ4n) is 1.39. The minimum absolute atomic E-state index is 0.0413. The molecule has 0 bridgehead atoms. The Hall–Kier alpha value is -0.840. The van der Waals surface area contributed by atoms with E-state index in [0.29, 0.717) is 5.02 Å². The smallest absolute Gasteiger partial charge is 0.147 e. The van der Waals surface area contributed by atoms with Crippen LogP contribution in [0.15, 0.2) is 12.3 Å². The molecule has 0 radical (unpaired) electrons. The second kappa shape index (κ2) is 6.68. The molecule has 0 saturated heterocycles. The summed E-state index contributed by atoms with van der Waals surface area (Å²) in [6.07, 6.45) is 2.56. The lowest BCUT2D eigenvalue weighted by Crippen LogP contribution is -2.21. The van der Waals surface area contributed by atoms with Crippen molar-refractivity contribution in [2.24, 2.45) is 0 Å². The van der Waals surface area contributed by atoms with E-state index >= 15 is 0 Å². The van der Waals surface area contributed by atoms with E-state index in [-0.39, 0.29) is 6.61 Å². The number of aliphatic hydroxyl groups is 1. The second-order valence-corrected chi connectivity index (χ2v) is 3.98. The summed E-state index contributed by atoms with van der Waals surface area (Å²) in [6, 6.07) is 1.73. The van der Waals surface area contributed by atoms with Crippen molar-refractivity contribution in [2.45, 2.75) is 13.0 Å². The molecule has 1 heterocycles. The molecule has 0 aromatic carbocycles. The van der Waals surface area contributed by atoms with Gasteiger partial charge >= 0.3 is 0 Å². The van der Waals surface area contributed by atoms with Crippen LogP contribution in [0.1, 0.15) is 12.0 Å². The third-order valence-corrected chi connectivity index (χ3v) is 2.54. The van der Waals surface area contributed by atoms with Crippen molar-refractivity contribution in [3.8, 4) is 0 Å². The van der Waals surface area contributed by atoms with Crippen LogP contribution < -0.4 is 4.90 Å². The Morgan fingerprint density at radius 2 is 2.31 bits per heavy atom. The van der Waals surface area contributed by atoms with Gasteiger partial charge in [-0.05, 0) is 18.1 Å². The SMILES string of the molecule is COCCCN(C)c1ncc(CO)cc1Cl. The van der Waals surface area contributed by atoms with E-state index in [1.807, 2.05) is 11.9 Å². The van der Waals surface area contributed by atoms with E-state index in [0.717, 1.165) is 31.0 Å². The van der Waals surface area contributed by atoms with Gasteiger partial charge in [-0.1, -0.05) is 11.6 Å². The fraction of sp³-hybridized carbons (Fsp3) is 0.545. The van der Waals surface area contributed by atoms with E-state index in [1.54, 1.807) is 19.4 Å². The molecule has 0 amide bonds. The molecule has 5 heteroatoms. The predicted molar refractivity (Wildman–Crippen MR) is 64.9 cm³/mol. The van der Waals surface area contributed by atoms with Gasteiger partial charge in [-0.3, -0.25) is 0 Å². The molecule has 0 aliphatic rings. The van der Waals surface area contributed by atoms with Gasteiger partial charge in [-0.25, -0.2) is 4.98 Å². The number of ether oxygens (including phenoxy) is 1. The highest BCUT2D eigenvalue weighted by Crippen LogP contribution is 2.23. The van der Waals surface area contributed by atoms with Crippen molar-refractivity contribution in [3.05, 3.63) is 22.8 Å². The number of hydrogen-bond donors (Lipinski definition) is 1. The Labute approximate surface area is 101 Å². The molecule has 0 spiro atoms. The van der Waals surface area contributed by atoms with Crippen LogP contribution in [0.25, 0.3) is 0 Å². The highest BCUT2D eigenvalue weighted by Gasteiger charge is 2.08. The van der Waals surface area contributed by atoms with E-state index in [1.165, 1.54) is 0 Å². The van der Waals surface area contributed by atoms with Crippen LogP contribution >= 0.6 is 11.6 Å². The number of hydrogen-bond acceptors (Lipinski definition) is 4. The summed E-state index contributed by atoms with van der Waals surface area (Å²) >= 11 is 6.07. The number of rotatable bonds is 6. The summed E-state index contributed by atoms with van der Waals surface area (Å²) in [4.78, 5) is 6.20. The Bertz CT molecular complexity index is 334. The van der Waals surface area contributed by atoms with Crippen LogP contribution in [0.4, 0.5) is 5.82 Å². The molecule has 1 aromatic heterocycles. The van der Waals surface area contributed by atoms with E-state index < -0.39 is 0 Å². The minimum Gasteiger partial charge on any atom is -0.392 e. The first-order valence-corrected chi connectivity index (χ1v) is 5.52. The van der Waals surface area contributed by atoms with Gasteiger partial charge in [0.2, 0.25) is 0 Å². The largest absolute Gasteiger partial charge is 0.392 e. The molecule has 0 fully saturated rings. The molecule has 0 atom stereocenters. The summed E-state index contributed by atoms with van der Waals surface area (Å²) in [5, 5.41) is 9.50. The summed E-state index contributed by atoms with van der Waals surface area (Å²) < 4.78 is 4.98. The number of aromatic nitrogens is 1. The van der Waals surface area contributed by atoms with Gasteiger partial charge < -0.3 is 14.7 Å². The summed E-state index contributed by atoms with van der Waals surface area (Å²) in [5.74, 6) is 0.731. The molecule has 0 aliphatic heterocycles. The molecular formula is C11H17ClN2O2. The Balaban J connectivity index is 2.64. The van der Waals surface area contributed by atoms with Gasteiger partial charge in [0.25, 0.3) is 0 Å². The van der Waals surface area contributed by atoms with Gasteiger partial charge in [0.15, 0.2) is 0 Å². The third-order valence-electron chi connectivity index (χ3n) is 2.26. The first kappa shape index (κ1) is 13.2. The molecular weight excluding hydrogens is 228 g/mol. The topological polar surface area (TPSA) is 45.6 Å². The van der Waals surface area contributed by atoms with Crippen molar-refractivity contribution in [2.75, 3.05) is 32.2 Å². The zero-order chi connectivity index (χ0) is 12.0. The number of nitrogens with zero attached hydrogens (tertiary/aromatic N) is 2. The number of pyridine rings is 1. The van der Waals surface area contributed by atoms with E-state index in [2.05, 4.69) is 4.98 Å². The number of aliphatic hydroxyl groups excluding tert-OH is 1. The fourth-order valence-corrected chi connectivity index (χ4v) is 1.72. The monoisotopic (exact) mass is 244 g/mol. The van der Waals surface area contributed by atoms with Crippen LogP contribution in [0.2, 0.25) is 5.02 Å².